The number of nitrogens with zero attached hydrogens (tertiary/aromatic N) is 3. The average Bonchev–Trinajstić information content (AvgIpc) is 3.11. The molecule has 2 saturated heterocycles. The zero-order valence-corrected chi connectivity index (χ0v) is 15.3. The fourth-order valence-corrected chi connectivity index (χ4v) is 4.28. The molecule has 2 bridgehead atoms. The average molecular weight is 385 g/mol. The molecule has 2 aliphatic heterocycles. The van der Waals surface area contributed by atoms with Crippen molar-refractivity contribution in [3.8, 4) is 6.07 Å². The first-order valence-corrected chi connectivity index (χ1v) is 9.58. The van der Waals surface area contributed by atoms with E-state index in [9.17, 15) is 9.59 Å². The third-order valence-electron chi connectivity index (χ3n) is 4.34. The van der Waals surface area contributed by atoms with Crippen LogP contribution in [-0.2, 0) is 18.6 Å². The van der Waals surface area contributed by atoms with Gasteiger partial charge in [-0.2, -0.15) is 10.3 Å². The van der Waals surface area contributed by atoms with Gasteiger partial charge < -0.3 is 18.6 Å². The number of rotatable bonds is 7. The topological polar surface area (TPSA) is 119 Å². The molecule has 2 aliphatic rings. The predicted octanol–water partition coefficient (Wildman–Crippen LogP) is 0.327. The van der Waals surface area contributed by atoms with Crippen LogP contribution in [0.1, 0.15) is 20.9 Å². The molecule has 1 unspecified atom stereocenters. The van der Waals surface area contributed by atoms with Crippen LogP contribution in [0.25, 0.3) is 0 Å². The van der Waals surface area contributed by atoms with Crippen molar-refractivity contribution in [2.24, 2.45) is 0 Å². The molecule has 0 amide bonds. The normalized spacial score (nSPS) is 32.3. The van der Waals surface area contributed by atoms with E-state index in [0.29, 0.717) is 6.54 Å². The molecule has 1 aromatic rings. The van der Waals surface area contributed by atoms with E-state index in [0.717, 1.165) is 0 Å². The molecule has 0 radical (unpaired) electrons. The predicted molar refractivity (Wildman–Crippen MR) is 91.3 cm³/mol. The molecule has 3 heterocycles. The quantitative estimate of drug-likeness (QED) is 0.527. The maximum absolute atomic E-state index is 12.2. The molecular formula is C15H21N4O6P. The van der Waals surface area contributed by atoms with Gasteiger partial charge in [0.25, 0.3) is 5.56 Å². The van der Waals surface area contributed by atoms with E-state index in [1.165, 1.54) is 23.9 Å². The molecule has 26 heavy (non-hydrogen) atoms. The highest BCUT2D eigenvalue weighted by atomic mass is 31.2. The monoisotopic (exact) mass is 385 g/mol. The summed E-state index contributed by atoms with van der Waals surface area (Å²) >= 11 is 0. The number of nitrogens with one attached hydrogen (secondary N) is 1. The number of hydrogen-bond donors (Lipinski definition) is 1. The van der Waals surface area contributed by atoms with Gasteiger partial charge in [0.2, 0.25) is 0 Å². The Morgan fingerprint density at radius 3 is 3.08 bits per heavy atom. The minimum atomic E-state index is -1.32. The largest absolute Gasteiger partial charge is 0.346 e. The van der Waals surface area contributed by atoms with E-state index < -0.39 is 43.6 Å². The van der Waals surface area contributed by atoms with Gasteiger partial charge in [0.05, 0.1) is 32.8 Å². The molecule has 0 saturated carbocycles. The van der Waals surface area contributed by atoms with E-state index in [-0.39, 0.29) is 19.9 Å². The zero-order chi connectivity index (χ0) is 19.6. The van der Waals surface area contributed by atoms with E-state index in [4.69, 9.17) is 25.3 Å². The Morgan fingerprint density at radius 2 is 2.42 bits per heavy atom. The number of morpholine rings is 1. The lowest BCUT2D eigenvalue weighted by atomic mass is 10.0. The molecular weight excluding hydrogens is 363 g/mol. The van der Waals surface area contributed by atoms with Crippen molar-refractivity contribution in [1.29, 1.82) is 5.26 Å². The van der Waals surface area contributed by atoms with Gasteiger partial charge in [0, 0.05) is 20.3 Å². The summed E-state index contributed by atoms with van der Waals surface area (Å²) in [5.74, 6) is 0. The van der Waals surface area contributed by atoms with E-state index in [1.54, 1.807) is 11.7 Å². The third kappa shape index (κ3) is 3.47. The lowest BCUT2D eigenvalue weighted by Crippen LogP contribution is -2.47. The number of hydrogen-bond acceptors (Lipinski definition) is 8. The molecule has 142 valence electrons. The summed E-state index contributed by atoms with van der Waals surface area (Å²) in [6.07, 6.45) is 0.245. The molecule has 2 fully saturated rings. The molecule has 0 aliphatic carbocycles. The molecule has 0 aromatic carbocycles. The van der Waals surface area contributed by atoms with Gasteiger partial charge in [0.15, 0.2) is 14.6 Å². The van der Waals surface area contributed by atoms with Gasteiger partial charge >= 0.3 is 5.69 Å². The van der Waals surface area contributed by atoms with Gasteiger partial charge in [-0.1, -0.05) is 0 Å². The number of fused-ring (bicyclic) bond motifs is 2. The van der Waals surface area contributed by atoms with Crippen LogP contribution in [0.5, 0.6) is 0 Å². The van der Waals surface area contributed by atoms with Crippen LogP contribution in [0.2, 0.25) is 0 Å². The van der Waals surface area contributed by atoms with Crippen molar-refractivity contribution >= 4 is 8.38 Å². The Kier molecular flexibility index (Phi) is 5.18. The number of H-pyrrole nitrogens is 1. The van der Waals surface area contributed by atoms with Crippen molar-refractivity contribution in [2.45, 2.75) is 37.3 Å². The standard InChI is InChI=1S/C15H21N4O6P/c1-15-9-19(22-2)11(12(15)25-26(3)23-8-4-6-16)13(24-15)18-7-5-10(20)17-14(18)21/h5,7,11-13H,4,8-9H2,1-3H3,(H,17,20,21)/t11-,12+,13-,15+,26?/m1/s1/i1D. The summed E-state index contributed by atoms with van der Waals surface area (Å²) in [5.41, 5.74) is -2.12. The minimum Gasteiger partial charge on any atom is -0.346 e. The molecule has 1 N–H and O–H groups in total. The van der Waals surface area contributed by atoms with Gasteiger partial charge in [-0.15, -0.1) is 0 Å². The lowest BCUT2D eigenvalue weighted by molar-refractivity contribution is -0.231. The molecule has 5 atom stereocenters. The van der Waals surface area contributed by atoms with Gasteiger partial charge in [-0.3, -0.25) is 14.3 Å². The first-order valence-electron chi connectivity index (χ1n) is 8.66. The summed E-state index contributed by atoms with van der Waals surface area (Å²) in [5, 5.41) is 10.2. The summed E-state index contributed by atoms with van der Waals surface area (Å²) in [4.78, 5) is 31.2. The second-order valence-electron chi connectivity index (χ2n) is 6.05. The number of hydroxylamine groups is 2. The summed E-state index contributed by atoms with van der Waals surface area (Å²) in [6, 6.07) is 2.73. The fraction of sp³-hybridized carbons (Fsp3) is 0.667. The van der Waals surface area contributed by atoms with E-state index in [1.807, 2.05) is 6.07 Å². The summed E-state index contributed by atoms with van der Waals surface area (Å²) < 4.78 is 27.0. The first kappa shape index (κ1) is 17.8. The molecule has 10 nitrogen and oxygen atoms in total. The third-order valence-corrected chi connectivity index (χ3v) is 5.41. The van der Waals surface area contributed by atoms with Crippen LogP contribution in [-0.4, -0.2) is 59.3 Å². The second-order valence-corrected chi connectivity index (χ2v) is 7.39. The van der Waals surface area contributed by atoms with Crippen molar-refractivity contribution < 1.29 is 20.0 Å². The van der Waals surface area contributed by atoms with Crippen LogP contribution < -0.4 is 11.2 Å². The Labute approximate surface area is 152 Å². The Hall–Kier alpha value is -1.60. The van der Waals surface area contributed by atoms with E-state index in [2.05, 4.69) is 4.98 Å². The van der Waals surface area contributed by atoms with Gasteiger partial charge in [-0.25, -0.2) is 4.79 Å². The van der Waals surface area contributed by atoms with Crippen LogP contribution in [0, 0.1) is 11.3 Å². The van der Waals surface area contributed by atoms with Crippen LogP contribution in [0.3, 0.4) is 0 Å². The number of nitriles is 1. The zero-order valence-electron chi connectivity index (χ0n) is 15.5. The molecule has 0 spiro atoms. The SMILES string of the molecule is [2H]C[C@@]12CN(OC)[C@@H]([C@H](n3ccc(=O)[nH]c3=O)O1)[C@@H]2OP(C)OCCC#N. The van der Waals surface area contributed by atoms with Crippen LogP contribution in [0.15, 0.2) is 21.9 Å². The summed E-state index contributed by atoms with van der Waals surface area (Å²) in [7, 11) is 0.180. The maximum atomic E-state index is 12.2. The highest BCUT2D eigenvalue weighted by Crippen LogP contribution is 2.52. The highest BCUT2D eigenvalue weighted by Gasteiger charge is 2.64. The Balaban J connectivity index is 1.88. The van der Waals surface area contributed by atoms with Crippen molar-refractivity contribution in [3.63, 3.8) is 0 Å². The summed E-state index contributed by atoms with van der Waals surface area (Å²) in [6.45, 7) is 2.21. The minimum absolute atomic E-state index is 0.107. The molecule has 11 heteroatoms. The van der Waals surface area contributed by atoms with Crippen molar-refractivity contribution in [1.82, 2.24) is 14.6 Å². The number of ether oxygens (including phenoxy) is 1. The van der Waals surface area contributed by atoms with E-state index >= 15 is 0 Å². The number of aromatic amines is 1. The smallest absolute Gasteiger partial charge is 0.330 e. The molecule has 1 aromatic heterocycles. The highest BCUT2D eigenvalue weighted by molar-refractivity contribution is 7.46. The van der Waals surface area contributed by atoms with Gasteiger partial charge in [0.1, 0.15) is 17.7 Å². The first-order chi connectivity index (χ1) is 13.0. The molecule has 3 rings (SSSR count). The van der Waals surface area contributed by atoms with Crippen molar-refractivity contribution in [2.75, 3.05) is 26.9 Å². The van der Waals surface area contributed by atoms with Crippen molar-refractivity contribution in [3.05, 3.63) is 33.1 Å². The number of aromatic nitrogens is 2. The van der Waals surface area contributed by atoms with Gasteiger partial charge in [-0.05, 0) is 6.90 Å². The lowest BCUT2D eigenvalue weighted by Gasteiger charge is -2.34. The Bertz CT molecular complexity index is 828. The fourth-order valence-electron chi connectivity index (χ4n) is 3.23. The Morgan fingerprint density at radius 1 is 1.62 bits per heavy atom. The van der Waals surface area contributed by atoms with Crippen LogP contribution >= 0.6 is 8.38 Å². The maximum Gasteiger partial charge on any atom is 0.330 e. The van der Waals surface area contributed by atoms with Crippen LogP contribution in [0.4, 0.5) is 0 Å². The second kappa shape index (κ2) is 7.56.